The van der Waals surface area contributed by atoms with Crippen molar-refractivity contribution >= 4 is 48.6 Å². The van der Waals surface area contributed by atoms with Crippen LogP contribution in [0.5, 0.6) is 0 Å². The minimum atomic E-state index is -3.67. The molecular formula is C22H20BrN3O4S. The normalized spacial score (nSPS) is 18.1. The maximum absolute atomic E-state index is 13.4. The summed E-state index contributed by atoms with van der Waals surface area (Å²) < 4.78 is 34.5. The highest BCUT2D eigenvalue weighted by Crippen LogP contribution is 2.35. The first-order valence-electron chi connectivity index (χ1n) is 10.0. The zero-order valence-electron chi connectivity index (χ0n) is 16.6. The Morgan fingerprint density at radius 2 is 1.87 bits per heavy atom. The van der Waals surface area contributed by atoms with Crippen molar-refractivity contribution in [1.82, 2.24) is 9.29 Å². The zero-order chi connectivity index (χ0) is 21.6. The summed E-state index contributed by atoms with van der Waals surface area (Å²) in [5.41, 5.74) is 2.42. The monoisotopic (exact) mass is 501 g/mol. The molecule has 1 aromatic heterocycles. The first kappa shape index (κ1) is 20.4. The van der Waals surface area contributed by atoms with Crippen LogP contribution in [0.3, 0.4) is 0 Å². The van der Waals surface area contributed by atoms with E-state index in [1.54, 1.807) is 41.4 Å². The second-order valence-corrected chi connectivity index (χ2v) is 10.5. The Balaban J connectivity index is 1.39. The van der Waals surface area contributed by atoms with Crippen LogP contribution in [0, 0.1) is 0 Å². The average molecular weight is 502 g/mol. The van der Waals surface area contributed by atoms with Gasteiger partial charge in [-0.15, -0.1) is 0 Å². The van der Waals surface area contributed by atoms with Gasteiger partial charge in [-0.3, -0.25) is 9.88 Å². The first-order valence-corrected chi connectivity index (χ1v) is 12.3. The van der Waals surface area contributed by atoms with Crippen molar-refractivity contribution in [3.05, 3.63) is 64.8 Å². The number of carbonyl (C=O) groups is 1. The van der Waals surface area contributed by atoms with Crippen molar-refractivity contribution in [2.24, 2.45) is 0 Å². The van der Waals surface area contributed by atoms with Crippen LogP contribution < -0.4 is 4.90 Å². The number of halogens is 1. The number of piperidine rings is 1. The molecule has 7 nitrogen and oxygen atoms in total. The molecule has 0 N–H and O–H groups in total. The first-order chi connectivity index (χ1) is 14.9. The summed E-state index contributed by atoms with van der Waals surface area (Å²) in [5.74, 6) is 0. The number of pyridine rings is 1. The molecule has 0 radical (unpaired) electrons. The number of aromatic nitrogens is 1. The third kappa shape index (κ3) is 3.60. The van der Waals surface area contributed by atoms with Gasteiger partial charge in [0, 0.05) is 40.8 Å². The van der Waals surface area contributed by atoms with Crippen LogP contribution in [0.25, 0.3) is 10.9 Å². The van der Waals surface area contributed by atoms with E-state index in [-0.39, 0.29) is 23.6 Å². The lowest BCUT2D eigenvalue weighted by Crippen LogP contribution is -2.50. The van der Waals surface area contributed by atoms with Crippen molar-refractivity contribution in [1.29, 1.82) is 0 Å². The van der Waals surface area contributed by atoms with E-state index in [4.69, 9.17) is 4.74 Å². The predicted octanol–water partition coefficient (Wildman–Crippen LogP) is 4.31. The lowest BCUT2D eigenvalue weighted by atomic mass is 10.0. The molecule has 160 valence electrons. The standard InChI is InChI=1S/C22H20BrN3O4S/c23-16-6-7-20-15(13-16)14-30-22(27)26(20)17-8-11-25(12-9-17)31(28,29)21-5-1-4-19-18(21)3-2-10-24-19/h1-7,10,13,17H,8-9,11-12,14H2. The minimum absolute atomic E-state index is 0.117. The molecule has 0 saturated carbocycles. The van der Waals surface area contributed by atoms with Gasteiger partial charge >= 0.3 is 6.09 Å². The van der Waals surface area contributed by atoms with Crippen LogP contribution in [-0.4, -0.2) is 42.9 Å². The molecule has 1 saturated heterocycles. The Morgan fingerprint density at radius 1 is 1.06 bits per heavy atom. The quantitative estimate of drug-likeness (QED) is 0.534. The number of cyclic esters (lactones) is 1. The Morgan fingerprint density at radius 3 is 2.68 bits per heavy atom. The summed E-state index contributed by atoms with van der Waals surface area (Å²) in [6.45, 7) is 0.908. The fourth-order valence-electron chi connectivity index (χ4n) is 4.34. The summed E-state index contributed by atoms with van der Waals surface area (Å²) in [5, 5.41) is 0.617. The number of fused-ring (bicyclic) bond motifs is 2. The molecule has 3 heterocycles. The molecule has 0 bridgehead atoms. The van der Waals surface area contributed by atoms with Gasteiger partial charge in [0.15, 0.2) is 0 Å². The van der Waals surface area contributed by atoms with Gasteiger partial charge in [-0.2, -0.15) is 4.31 Å². The lowest BCUT2D eigenvalue weighted by molar-refractivity contribution is 0.135. The molecule has 0 unspecified atom stereocenters. The summed E-state index contributed by atoms with van der Waals surface area (Å²) in [4.78, 5) is 18.8. The number of sulfonamides is 1. The molecule has 1 amide bonds. The Kier molecular flexibility index (Phi) is 5.19. The third-order valence-corrected chi connectivity index (χ3v) is 8.31. The maximum atomic E-state index is 13.4. The summed E-state index contributed by atoms with van der Waals surface area (Å²) in [7, 11) is -3.67. The number of nitrogens with zero attached hydrogens (tertiary/aromatic N) is 3. The van der Waals surface area contributed by atoms with Crippen LogP contribution >= 0.6 is 15.9 Å². The highest BCUT2D eigenvalue weighted by atomic mass is 79.9. The molecule has 31 heavy (non-hydrogen) atoms. The van der Waals surface area contributed by atoms with Crippen LogP contribution in [-0.2, 0) is 21.4 Å². The number of rotatable bonds is 3. The van der Waals surface area contributed by atoms with E-state index < -0.39 is 10.0 Å². The largest absolute Gasteiger partial charge is 0.444 e. The van der Waals surface area contributed by atoms with Gasteiger partial charge in [0.1, 0.15) is 6.61 Å². The Hall–Kier alpha value is -2.49. The van der Waals surface area contributed by atoms with E-state index in [1.807, 2.05) is 18.2 Å². The van der Waals surface area contributed by atoms with Gasteiger partial charge in [-0.25, -0.2) is 13.2 Å². The highest BCUT2D eigenvalue weighted by molar-refractivity contribution is 9.10. The molecule has 2 aliphatic rings. The van der Waals surface area contributed by atoms with Crippen molar-refractivity contribution in [2.45, 2.75) is 30.4 Å². The Labute approximate surface area is 188 Å². The van der Waals surface area contributed by atoms with Crippen molar-refractivity contribution < 1.29 is 17.9 Å². The van der Waals surface area contributed by atoms with Crippen LogP contribution in [0.4, 0.5) is 10.5 Å². The number of hydrogen-bond acceptors (Lipinski definition) is 5. The van der Waals surface area contributed by atoms with E-state index >= 15 is 0 Å². The number of ether oxygens (including phenoxy) is 1. The predicted molar refractivity (Wildman–Crippen MR) is 120 cm³/mol. The molecular weight excluding hydrogens is 482 g/mol. The van der Waals surface area contributed by atoms with Gasteiger partial charge in [0.05, 0.1) is 16.1 Å². The molecule has 9 heteroatoms. The summed E-state index contributed by atoms with van der Waals surface area (Å²) in [6, 6.07) is 14.3. The second kappa shape index (κ2) is 7.89. The van der Waals surface area contributed by atoms with E-state index in [2.05, 4.69) is 20.9 Å². The minimum Gasteiger partial charge on any atom is -0.444 e. The van der Waals surface area contributed by atoms with Crippen molar-refractivity contribution in [2.75, 3.05) is 18.0 Å². The molecule has 5 rings (SSSR count). The molecule has 0 spiro atoms. The van der Waals surface area contributed by atoms with Crippen LogP contribution in [0.15, 0.2) is 64.1 Å². The van der Waals surface area contributed by atoms with Crippen LogP contribution in [0.1, 0.15) is 18.4 Å². The molecule has 2 aliphatic heterocycles. The SMILES string of the molecule is O=C1OCc2cc(Br)ccc2N1C1CCN(S(=O)(=O)c2cccc3ncccc23)CC1. The second-order valence-electron chi connectivity index (χ2n) is 7.66. The maximum Gasteiger partial charge on any atom is 0.414 e. The average Bonchev–Trinajstić information content (AvgIpc) is 2.79. The Bertz CT molecular complexity index is 1270. The smallest absolute Gasteiger partial charge is 0.414 e. The van der Waals surface area contributed by atoms with E-state index in [0.717, 1.165) is 15.7 Å². The topological polar surface area (TPSA) is 79.8 Å². The summed E-state index contributed by atoms with van der Waals surface area (Å²) in [6.07, 6.45) is 2.34. The number of anilines is 1. The third-order valence-electron chi connectivity index (χ3n) is 5.86. The van der Waals surface area contributed by atoms with E-state index in [9.17, 15) is 13.2 Å². The zero-order valence-corrected chi connectivity index (χ0v) is 19.0. The van der Waals surface area contributed by atoms with Crippen molar-refractivity contribution in [3.8, 4) is 0 Å². The number of amides is 1. The number of benzene rings is 2. The fourth-order valence-corrected chi connectivity index (χ4v) is 6.42. The molecule has 3 aromatic rings. The van der Waals surface area contributed by atoms with E-state index in [0.29, 0.717) is 36.8 Å². The van der Waals surface area contributed by atoms with Crippen LogP contribution in [0.2, 0.25) is 0 Å². The van der Waals surface area contributed by atoms with Gasteiger partial charge in [-0.05, 0) is 55.3 Å². The summed E-state index contributed by atoms with van der Waals surface area (Å²) >= 11 is 3.45. The van der Waals surface area contributed by atoms with E-state index in [1.165, 1.54) is 4.31 Å². The fraction of sp³-hybridized carbons (Fsp3) is 0.273. The highest BCUT2D eigenvalue weighted by Gasteiger charge is 2.37. The molecule has 2 aromatic carbocycles. The number of hydrogen-bond donors (Lipinski definition) is 0. The molecule has 0 atom stereocenters. The molecule has 0 aliphatic carbocycles. The number of carbonyl (C=O) groups excluding carboxylic acids is 1. The lowest BCUT2D eigenvalue weighted by Gasteiger charge is -2.39. The van der Waals surface area contributed by atoms with Gasteiger partial charge in [0.2, 0.25) is 10.0 Å². The van der Waals surface area contributed by atoms with Crippen molar-refractivity contribution in [3.63, 3.8) is 0 Å². The van der Waals surface area contributed by atoms with Gasteiger partial charge < -0.3 is 4.74 Å². The van der Waals surface area contributed by atoms with Gasteiger partial charge in [0.25, 0.3) is 0 Å². The molecule has 1 fully saturated rings. The van der Waals surface area contributed by atoms with Gasteiger partial charge in [-0.1, -0.05) is 22.0 Å².